The predicted molar refractivity (Wildman–Crippen MR) is 89.6 cm³/mol. The molecule has 1 fully saturated rings. The van der Waals surface area contributed by atoms with E-state index in [9.17, 15) is 4.79 Å². The lowest BCUT2D eigenvalue weighted by Gasteiger charge is -2.33. The van der Waals surface area contributed by atoms with Crippen molar-refractivity contribution in [1.29, 1.82) is 0 Å². The van der Waals surface area contributed by atoms with Gasteiger partial charge in [0.1, 0.15) is 0 Å². The first-order chi connectivity index (χ1) is 10.7. The second kappa shape index (κ2) is 6.52. The van der Waals surface area contributed by atoms with E-state index in [1.807, 2.05) is 35.6 Å². The SMILES string of the molecule is CCc1ccsc1C(=O)N[C@H]1CCCN(c2cnn(C)c2)C1. The Morgan fingerprint density at radius 1 is 1.55 bits per heavy atom. The van der Waals surface area contributed by atoms with Crippen LogP contribution >= 0.6 is 11.3 Å². The van der Waals surface area contributed by atoms with Gasteiger partial charge in [-0.2, -0.15) is 5.10 Å². The second-order valence-electron chi connectivity index (χ2n) is 5.76. The zero-order valence-electron chi connectivity index (χ0n) is 13.1. The summed E-state index contributed by atoms with van der Waals surface area (Å²) in [7, 11) is 1.93. The van der Waals surface area contributed by atoms with Gasteiger partial charge in [0.2, 0.25) is 0 Å². The van der Waals surface area contributed by atoms with Crippen LogP contribution in [0.5, 0.6) is 0 Å². The van der Waals surface area contributed by atoms with E-state index in [1.165, 1.54) is 11.3 Å². The molecule has 0 aliphatic carbocycles. The van der Waals surface area contributed by atoms with Gasteiger partial charge < -0.3 is 10.2 Å². The lowest BCUT2D eigenvalue weighted by atomic mass is 10.0. The van der Waals surface area contributed by atoms with Crippen molar-refractivity contribution in [3.05, 3.63) is 34.3 Å². The molecular weight excluding hydrogens is 296 g/mol. The summed E-state index contributed by atoms with van der Waals surface area (Å²) in [6.07, 6.45) is 6.94. The van der Waals surface area contributed by atoms with Crippen molar-refractivity contribution in [2.75, 3.05) is 18.0 Å². The average Bonchev–Trinajstić information content (AvgIpc) is 3.16. The Morgan fingerprint density at radius 2 is 2.41 bits per heavy atom. The van der Waals surface area contributed by atoms with Crippen molar-refractivity contribution in [2.24, 2.45) is 7.05 Å². The number of piperidine rings is 1. The molecule has 0 unspecified atom stereocenters. The topological polar surface area (TPSA) is 50.2 Å². The molecule has 0 radical (unpaired) electrons. The zero-order valence-corrected chi connectivity index (χ0v) is 13.9. The summed E-state index contributed by atoms with van der Waals surface area (Å²) in [6, 6.07) is 2.25. The number of anilines is 1. The van der Waals surface area contributed by atoms with Gasteiger partial charge in [-0.1, -0.05) is 6.92 Å². The van der Waals surface area contributed by atoms with Crippen LogP contribution in [0.3, 0.4) is 0 Å². The van der Waals surface area contributed by atoms with E-state index in [-0.39, 0.29) is 11.9 Å². The van der Waals surface area contributed by atoms with Gasteiger partial charge in [0.15, 0.2) is 0 Å². The van der Waals surface area contributed by atoms with Crippen LogP contribution in [-0.4, -0.2) is 34.8 Å². The highest BCUT2D eigenvalue weighted by molar-refractivity contribution is 7.12. The highest BCUT2D eigenvalue weighted by Gasteiger charge is 2.23. The molecule has 6 heteroatoms. The van der Waals surface area contributed by atoms with Crippen molar-refractivity contribution >= 4 is 22.9 Å². The van der Waals surface area contributed by atoms with Crippen LogP contribution in [0.15, 0.2) is 23.8 Å². The number of aromatic nitrogens is 2. The Labute approximate surface area is 134 Å². The van der Waals surface area contributed by atoms with Gasteiger partial charge in [0.05, 0.1) is 16.8 Å². The Morgan fingerprint density at radius 3 is 3.14 bits per heavy atom. The number of carbonyl (C=O) groups excluding carboxylic acids is 1. The fraction of sp³-hybridized carbons (Fsp3) is 0.500. The third-order valence-electron chi connectivity index (χ3n) is 4.15. The molecule has 1 aliphatic heterocycles. The van der Waals surface area contributed by atoms with E-state index in [2.05, 4.69) is 22.2 Å². The summed E-state index contributed by atoms with van der Waals surface area (Å²) >= 11 is 1.53. The zero-order chi connectivity index (χ0) is 15.5. The van der Waals surface area contributed by atoms with Gasteiger partial charge in [-0.15, -0.1) is 11.3 Å². The van der Waals surface area contributed by atoms with Gasteiger partial charge in [-0.05, 0) is 36.3 Å². The van der Waals surface area contributed by atoms with Crippen molar-refractivity contribution in [1.82, 2.24) is 15.1 Å². The van der Waals surface area contributed by atoms with Crippen LogP contribution in [-0.2, 0) is 13.5 Å². The van der Waals surface area contributed by atoms with E-state index in [0.29, 0.717) is 0 Å². The maximum absolute atomic E-state index is 12.5. The fourth-order valence-corrected chi connectivity index (χ4v) is 3.86. The second-order valence-corrected chi connectivity index (χ2v) is 6.68. The van der Waals surface area contributed by atoms with Gasteiger partial charge in [0, 0.05) is 32.4 Å². The van der Waals surface area contributed by atoms with Crippen molar-refractivity contribution in [3.63, 3.8) is 0 Å². The van der Waals surface area contributed by atoms with Gasteiger partial charge in [-0.3, -0.25) is 9.48 Å². The van der Waals surface area contributed by atoms with Crippen LogP contribution in [0.4, 0.5) is 5.69 Å². The molecule has 2 aromatic rings. The maximum atomic E-state index is 12.5. The Hall–Kier alpha value is -1.82. The Balaban J connectivity index is 1.64. The van der Waals surface area contributed by atoms with Crippen molar-refractivity contribution < 1.29 is 4.79 Å². The lowest BCUT2D eigenvalue weighted by molar-refractivity contribution is 0.0936. The Kier molecular flexibility index (Phi) is 4.47. The van der Waals surface area contributed by atoms with Gasteiger partial charge >= 0.3 is 0 Å². The van der Waals surface area contributed by atoms with Gasteiger partial charge in [0.25, 0.3) is 5.91 Å². The molecule has 1 aliphatic rings. The van der Waals surface area contributed by atoms with Gasteiger partial charge in [-0.25, -0.2) is 0 Å². The van der Waals surface area contributed by atoms with Crippen molar-refractivity contribution in [2.45, 2.75) is 32.2 Å². The largest absolute Gasteiger partial charge is 0.367 e. The molecule has 0 spiro atoms. The molecule has 2 aromatic heterocycles. The van der Waals surface area contributed by atoms with Crippen LogP contribution in [0.2, 0.25) is 0 Å². The molecule has 0 aromatic carbocycles. The van der Waals surface area contributed by atoms with Crippen LogP contribution in [0, 0.1) is 0 Å². The van der Waals surface area contributed by atoms with E-state index in [4.69, 9.17) is 0 Å². The molecule has 22 heavy (non-hydrogen) atoms. The molecule has 3 heterocycles. The maximum Gasteiger partial charge on any atom is 0.261 e. The summed E-state index contributed by atoms with van der Waals surface area (Å²) in [5.41, 5.74) is 2.27. The highest BCUT2D eigenvalue weighted by atomic mass is 32.1. The summed E-state index contributed by atoms with van der Waals surface area (Å²) < 4.78 is 1.82. The van der Waals surface area contributed by atoms with E-state index in [0.717, 1.165) is 48.5 Å². The van der Waals surface area contributed by atoms with Crippen LogP contribution < -0.4 is 10.2 Å². The number of aryl methyl sites for hydroxylation is 2. The van der Waals surface area contributed by atoms with Crippen LogP contribution in [0.25, 0.3) is 0 Å². The standard InChI is InChI=1S/C16H22N4OS/c1-3-12-6-8-22-15(12)16(21)18-13-5-4-7-20(10-13)14-9-17-19(2)11-14/h6,8-9,11,13H,3-5,7,10H2,1-2H3,(H,18,21)/t13-/m0/s1. The molecule has 1 amide bonds. The fourth-order valence-electron chi connectivity index (χ4n) is 2.97. The molecule has 3 rings (SSSR count). The quantitative estimate of drug-likeness (QED) is 0.942. The van der Waals surface area contributed by atoms with Crippen LogP contribution in [0.1, 0.15) is 35.0 Å². The first-order valence-corrected chi connectivity index (χ1v) is 8.66. The first kappa shape index (κ1) is 15.1. The molecule has 1 saturated heterocycles. The third kappa shape index (κ3) is 3.16. The molecular formula is C16H22N4OS. The predicted octanol–water partition coefficient (Wildman–Crippen LogP) is 2.44. The smallest absolute Gasteiger partial charge is 0.261 e. The number of nitrogens with one attached hydrogen (secondary N) is 1. The number of hydrogen-bond donors (Lipinski definition) is 1. The van der Waals surface area contributed by atoms with E-state index < -0.39 is 0 Å². The molecule has 0 bridgehead atoms. The number of thiophene rings is 1. The average molecular weight is 318 g/mol. The highest BCUT2D eigenvalue weighted by Crippen LogP contribution is 2.21. The summed E-state index contributed by atoms with van der Waals surface area (Å²) in [5.74, 6) is 0.0740. The Bertz CT molecular complexity index is 648. The molecule has 1 N–H and O–H groups in total. The van der Waals surface area contributed by atoms with Crippen molar-refractivity contribution in [3.8, 4) is 0 Å². The number of carbonyl (C=O) groups is 1. The minimum Gasteiger partial charge on any atom is -0.367 e. The summed E-state index contributed by atoms with van der Waals surface area (Å²) in [5, 5.41) is 9.43. The summed E-state index contributed by atoms with van der Waals surface area (Å²) in [4.78, 5) is 15.6. The number of hydrogen-bond acceptors (Lipinski definition) is 4. The van der Waals surface area contributed by atoms with E-state index >= 15 is 0 Å². The number of rotatable bonds is 4. The molecule has 1 atom stereocenters. The number of amides is 1. The van der Waals surface area contributed by atoms with E-state index in [1.54, 1.807) is 0 Å². The first-order valence-electron chi connectivity index (χ1n) is 7.78. The minimum atomic E-state index is 0.0740. The monoisotopic (exact) mass is 318 g/mol. The molecule has 118 valence electrons. The molecule has 5 nitrogen and oxygen atoms in total. The molecule has 0 saturated carbocycles. The lowest BCUT2D eigenvalue weighted by Crippen LogP contribution is -2.47. The third-order valence-corrected chi connectivity index (χ3v) is 5.10. The number of nitrogens with zero attached hydrogens (tertiary/aromatic N) is 3. The summed E-state index contributed by atoms with van der Waals surface area (Å²) in [6.45, 7) is 3.96. The minimum absolute atomic E-state index is 0.0740. The normalized spacial score (nSPS) is 18.5.